The average molecular weight is 129 g/mol. The van der Waals surface area contributed by atoms with Crippen LogP contribution in [-0.2, 0) is 14.3 Å². The largest absolute Gasteiger partial charge is 0.408 e. The van der Waals surface area contributed by atoms with Gasteiger partial charge in [0, 0.05) is 7.11 Å². The molecule has 0 amide bonds. The molecule has 0 saturated heterocycles. The third kappa shape index (κ3) is 1.50. The summed E-state index contributed by atoms with van der Waals surface area (Å²) in [6.45, 7) is 0.421. The van der Waals surface area contributed by atoms with Crippen LogP contribution >= 0.6 is 0 Å². The highest BCUT2D eigenvalue weighted by atomic mass is 16.6. The number of carbonyl (C=O) groups is 1. The molecule has 0 aliphatic carbocycles. The second-order valence-corrected chi connectivity index (χ2v) is 1.62. The molecule has 4 heteroatoms. The van der Waals surface area contributed by atoms with E-state index in [0.29, 0.717) is 5.90 Å². The molecule has 0 aromatic rings. The predicted molar refractivity (Wildman–Crippen MR) is 30.3 cm³/mol. The van der Waals surface area contributed by atoms with Gasteiger partial charge in [-0.05, 0) is 0 Å². The summed E-state index contributed by atoms with van der Waals surface area (Å²) < 4.78 is 9.25. The van der Waals surface area contributed by atoms with Crippen LogP contribution in [0.1, 0.15) is 0 Å². The van der Waals surface area contributed by atoms with Gasteiger partial charge in [0.1, 0.15) is 13.2 Å². The normalized spacial score (nSPS) is 17.4. The second-order valence-electron chi connectivity index (χ2n) is 1.62. The molecular weight excluding hydrogens is 122 g/mol. The van der Waals surface area contributed by atoms with Crippen molar-refractivity contribution in [1.29, 1.82) is 0 Å². The molecule has 1 heterocycles. The second kappa shape index (κ2) is 2.59. The number of esters is 1. The van der Waals surface area contributed by atoms with Gasteiger partial charge in [0.05, 0.1) is 0 Å². The summed E-state index contributed by atoms with van der Waals surface area (Å²) in [4.78, 5) is 14.1. The van der Waals surface area contributed by atoms with Crippen molar-refractivity contribution in [3.63, 3.8) is 0 Å². The maximum atomic E-state index is 10.3. The lowest BCUT2D eigenvalue weighted by atomic mass is 10.7. The maximum absolute atomic E-state index is 10.3. The van der Waals surface area contributed by atoms with Crippen LogP contribution < -0.4 is 0 Å². The van der Waals surface area contributed by atoms with Crippen LogP contribution in [0, 0.1) is 0 Å². The van der Waals surface area contributed by atoms with Gasteiger partial charge in [-0.15, -0.1) is 0 Å². The van der Waals surface area contributed by atoms with Crippen molar-refractivity contribution in [2.45, 2.75) is 0 Å². The molecule has 0 atom stereocenters. The van der Waals surface area contributed by atoms with Crippen molar-refractivity contribution in [3.8, 4) is 0 Å². The molecule has 0 spiro atoms. The first kappa shape index (κ1) is 6.22. The Morgan fingerprint density at radius 3 is 3.11 bits per heavy atom. The first-order chi connectivity index (χ1) is 4.33. The van der Waals surface area contributed by atoms with E-state index in [1.165, 1.54) is 7.11 Å². The van der Waals surface area contributed by atoms with Gasteiger partial charge in [-0.1, -0.05) is 0 Å². The van der Waals surface area contributed by atoms with E-state index in [2.05, 4.69) is 14.5 Å². The van der Waals surface area contributed by atoms with E-state index in [-0.39, 0.29) is 19.1 Å². The zero-order chi connectivity index (χ0) is 6.69. The Hall–Kier alpha value is -0.900. The van der Waals surface area contributed by atoms with E-state index >= 15 is 0 Å². The molecule has 1 rings (SSSR count). The standard InChI is InChI=1S/C5H7NO3/c1-8-3-4-6-2-5(7)9-4/h2-3H2,1H3. The number of methoxy groups -OCH3 is 1. The lowest BCUT2D eigenvalue weighted by Gasteiger charge is -1.94. The van der Waals surface area contributed by atoms with Gasteiger partial charge >= 0.3 is 5.97 Å². The molecule has 0 fully saturated rings. The molecule has 0 N–H and O–H groups in total. The summed E-state index contributed by atoms with van der Waals surface area (Å²) >= 11 is 0. The number of cyclic esters (lactones) is 1. The van der Waals surface area contributed by atoms with Crippen molar-refractivity contribution in [3.05, 3.63) is 0 Å². The molecular formula is C5H7NO3. The first-order valence-electron chi connectivity index (χ1n) is 2.56. The van der Waals surface area contributed by atoms with Gasteiger partial charge < -0.3 is 9.47 Å². The fraction of sp³-hybridized carbons (Fsp3) is 0.600. The van der Waals surface area contributed by atoms with Gasteiger partial charge in [0.2, 0.25) is 5.90 Å². The molecule has 50 valence electrons. The van der Waals surface area contributed by atoms with Gasteiger partial charge in [-0.25, -0.2) is 9.79 Å². The first-order valence-corrected chi connectivity index (χ1v) is 2.56. The molecule has 0 aromatic heterocycles. The molecule has 0 bridgehead atoms. The van der Waals surface area contributed by atoms with Crippen LogP contribution in [0.2, 0.25) is 0 Å². The lowest BCUT2D eigenvalue weighted by molar-refractivity contribution is -0.132. The minimum Gasteiger partial charge on any atom is -0.408 e. The minimum absolute atomic E-state index is 0.138. The van der Waals surface area contributed by atoms with E-state index in [0.717, 1.165) is 0 Å². The highest BCUT2D eigenvalue weighted by Gasteiger charge is 2.14. The van der Waals surface area contributed by atoms with Crippen molar-refractivity contribution < 1.29 is 14.3 Å². The molecule has 0 aromatic carbocycles. The van der Waals surface area contributed by atoms with Gasteiger partial charge in [0.25, 0.3) is 0 Å². The third-order valence-corrected chi connectivity index (χ3v) is 0.884. The fourth-order valence-electron chi connectivity index (χ4n) is 0.547. The third-order valence-electron chi connectivity index (χ3n) is 0.884. The van der Waals surface area contributed by atoms with E-state index in [1.54, 1.807) is 0 Å². The molecule has 0 unspecified atom stereocenters. The minimum atomic E-state index is -0.304. The number of rotatable bonds is 2. The van der Waals surface area contributed by atoms with E-state index in [9.17, 15) is 4.79 Å². The number of carbonyl (C=O) groups excluding carboxylic acids is 1. The Bertz CT molecular complexity index is 152. The monoisotopic (exact) mass is 129 g/mol. The topological polar surface area (TPSA) is 47.9 Å². The maximum Gasteiger partial charge on any atom is 0.334 e. The molecule has 1 aliphatic rings. The molecule has 0 radical (unpaired) electrons. The Balaban J connectivity index is 2.36. The lowest BCUT2D eigenvalue weighted by Crippen LogP contribution is -2.09. The van der Waals surface area contributed by atoms with Crippen LogP contribution in [0.4, 0.5) is 0 Å². The highest BCUT2D eigenvalue weighted by molar-refractivity contribution is 5.95. The zero-order valence-electron chi connectivity index (χ0n) is 5.09. The van der Waals surface area contributed by atoms with Crippen LogP contribution in [-0.4, -0.2) is 32.1 Å². The number of nitrogens with zero attached hydrogens (tertiary/aromatic N) is 1. The number of hydrogen-bond acceptors (Lipinski definition) is 4. The van der Waals surface area contributed by atoms with Crippen molar-refractivity contribution in [2.24, 2.45) is 4.99 Å². The van der Waals surface area contributed by atoms with Crippen molar-refractivity contribution in [1.82, 2.24) is 0 Å². The van der Waals surface area contributed by atoms with Gasteiger partial charge in [-0.2, -0.15) is 0 Å². The molecule has 4 nitrogen and oxygen atoms in total. The summed E-state index contributed by atoms with van der Waals surface area (Å²) in [6, 6.07) is 0. The average Bonchev–Trinajstić information content (AvgIpc) is 2.17. The van der Waals surface area contributed by atoms with Crippen LogP contribution in [0.25, 0.3) is 0 Å². The summed E-state index contributed by atoms with van der Waals surface area (Å²) in [6.07, 6.45) is 0. The summed E-state index contributed by atoms with van der Waals surface area (Å²) in [5.41, 5.74) is 0. The number of hydrogen-bond donors (Lipinski definition) is 0. The Morgan fingerprint density at radius 1 is 1.89 bits per heavy atom. The Kier molecular flexibility index (Phi) is 1.79. The van der Waals surface area contributed by atoms with Gasteiger partial charge in [0.15, 0.2) is 0 Å². The number of ether oxygens (including phenoxy) is 2. The number of aliphatic imine (C=N–C) groups is 1. The van der Waals surface area contributed by atoms with E-state index in [1.807, 2.05) is 0 Å². The smallest absolute Gasteiger partial charge is 0.334 e. The van der Waals surface area contributed by atoms with Crippen LogP contribution in [0.3, 0.4) is 0 Å². The van der Waals surface area contributed by atoms with E-state index in [4.69, 9.17) is 0 Å². The Morgan fingerprint density at radius 2 is 2.67 bits per heavy atom. The quantitative estimate of drug-likeness (QED) is 0.476. The summed E-state index contributed by atoms with van der Waals surface area (Å²) in [5, 5.41) is 0. The molecule has 1 aliphatic heterocycles. The summed E-state index contributed by atoms with van der Waals surface area (Å²) in [7, 11) is 1.52. The predicted octanol–water partition coefficient (Wildman–Crippen LogP) is -0.412. The molecule has 0 saturated carbocycles. The van der Waals surface area contributed by atoms with Crippen LogP contribution in [0.5, 0.6) is 0 Å². The zero-order valence-corrected chi connectivity index (χ0v) is 5.09. The van der Waals surface area contributed by atoms with Crippen molar-refractivity contribution in [2.75, 3.05) is 20.3 Å². The molecule has 9 heavy (non-hydrogen) atoms. The highest BCUT2D eigenvalue weighted by Crippen LogP contribution is 1.95. The van der Waals surface area contributed by atoms with Crippen molar-refractivity contribution >= 4 is 11.9 Å². The van der Waals surface area contributed by atoms with Gasteiger partial charge in [-0.3, -0.25) is 0 Å². The van der Waals surface area contributed by atoms with Crippen LogP contribution in [0.15, 0.2) is 4.99 Å². The van der Waals surface area contributed by atoms with E-state index < -0.39 is 0 Å². The Labute approximate surface area is 52.5 Å². The summed E-state index contributed by atoms with van der Waals surface area (Å²) in [5.74, 6) is 0.0737. The SMILES string of the molecule is COCC1=NCC(=O)O1. The fourth-order valence-corrected chi connectivity index (χ4v) is 0.547.